The van der Waals surface area contributed by atoms with Crippen LogP contribution in [0, 0.1) is 11.8 Å². The number of nitrogens with one attached hydrogen (secondary N) is 2. The highest BCUT2D eigenvalue weighted by Gasteiger charge is 2.42. The highest BCUT2D eigenvalue weighted by atomic mass is 35.5. The predicted octanol–water partition coefficient (Wildman–Crippen LogP) is 4.57. The van der Waals surface area contributed by atoms with Crippen LogP contribution in [-0.2, 0) is 0 Å². The summed E-state index contributed by atoms with van der Waals surface area (Å²) < 4.78 is 0. The fourth-order valence-electron chi connectivity index (χ4n) is 6.24. The van der Waals surface area contributed by atoms with Crippen molar-refractivity contribution < 1.29 is 14.4 Å². The quantitative estimate of drug-likeness (QED) is 0.405. The Morgan fingerprint density at radius 3 is 2.26 bits per heavy atom. The van der Waals surface area contributed by atoms with E-state index in [9.17, 15) is 14.4 Å². The average Bonchev–Trinajstić information content (AvgIpc) is 3.81. The standard InChI is InChI=1S/C29H34ClN5O3/c1-15(16-2-3-16)33-26-23(28(31)37)10-9-22(25(26)30)29(38)34-19-12-20-7-8-21(13-19)35(20)24-11-6-18(14-32-24)27(36)17-4-5-17/h6,9-11,14-17,19-21,33H,2-5,7-8,12-13H2,1H3,(H2,31,37)(H,34,38). The van der Waals surface area contributed by atoms with Gasteiger partial charge in [0.2, 0.25) is 0 Å². The maximum absolute atomic E-state index is 13.3. The number of piperidine rings is 1. The van der Waals surface area contributed by atoms with Gasteiger partial charge in [-0.1, -0.05) is 11.6 Å². The number of fused-ring (bicyclic) bond motifs is 2. The normalized spacial score (nSPS) is 25.1. The minimum absolute atomic E-state index is 0.0145. The summed E-state index contributed by atoms with van der Waals surface area (Å²) in [7, 11) is 0. The summed E-state index contributed by atoms with van der Waals surface area (Å²) in [5.41, 5.74) is 7.38. The van der Waals surface area contributed by atoms with Gasteiger partial charge in [-0.3, -0.25) is 14.4 Å². The molecule has 4 N–H and O–H groups in total. The first-order chi connectivity index (χ1) is 18.3. The Hall–Kier alpha value is -3.13. The van der Waals surface area contributed by atoms with Gasteiger partial charge in [-0.2, -0.15) is 0 Å². The van der Waals surface area contributed by atoms with Gasteiger partial charge in [-0.05, 0) is 88.5 Å². The molecule has 2 aliphatic heterocycles. The van der Waals surface area contributed by atoms with E-state index in [2.05, 4.69) is 27.4 Å². The number of aromatic nitrogens is 1. The number of nitrogens with zero attached hydrogens (tertiary/aromatic N) is 2. The van der Waals surface area contributed by atoms with Crippen LogP contribution in [0.3, 0.4) is 0 Å². The fourth-order valence-corrected chi connectivity index (χ4v) is 6.54. The van der Waals surface area contributed by atoms with Gasteiger partial charge in [0, 0.05) is 41.8 Å². The van der Waals surface area contributed by atoms with E-state index in [1.807, 2.05) is 12.1 Å². The second-order valence-corrected chi connectivity index (χ2v) is 11.8. The van der Waals surface area contributed by atoms with E-state index in [1.54, 1.807) is 18.3 Å². The Bertz CT molecular complexity index is 1260. The lowest BCUT2D eigenvalue weighted by Crippen LogP contribution is -2.50. The zero-order valence-electron chi connectivity index (χ0n) is 21.6. The number of anilines is 2. The molecule has 4 fully saturated rings. The van der Waals surface area contributed by atoms with E-state index in [0.29, 0.717) is 28.3 Å². The number of amides is 2. The molecule has 0 spiro atoms. The maximum Gasteiger partial charge on any atom is 0.253 e. The molecule has 2 bridgehead atoms. The minimum Gasteiger partial charge on any atom is -0.380 e. The van der Waals surface area contributed by atoms with Crippen LogP contribution in [0.2, 0.25) is 5.02 Å². The molecule has 1 aromatic carbocycles. The molecule has 38 heavy (non-hydrogen) atoms. The molecule has 2 saturated carbocycles. The van der Waals surface area contributed by atoms with Gasteiger partial charge < -0.3 is 21.3 Å². The zero-order chi connectivity index (χ0) is 26.6. The molecule has 6 rings (SSSR count). The Labute approximate surface area is 227 Å². The van der Waals surface area contributed by atoms with Gasteiger partial charge in [0.15, 0.2) is 5.78 Å². The van der Waals surface area contributed by atoms with Gasteiger partial charge in [0.25, 0.3) is 11.8 Å². The number of Topliss-reactive ketones (excluding diaryl/α,β-unsaturated/α-hetero) is 1. The maximum atomic E-state index is 13.3. The summed E-state index contributed by atoms with van der Waals surface area (Å²) in [5.74, 6) is 1.01. The van der Waals surface area contributed by atoms with Crippen LogP contribution >= 0.6 is 11.6 Å². The van der Waals surface area contributed by atoms with Crippen LogP contribution in [0.4, 0.5) is 11.5 Å². The number of carbonyl (C=O) groups is 3. The first-order valence-corrected chi connectivity index (χ1v) is 14.2. The number of nitrogens with two attached hydrogens (primary N) is 1. The van der Waals surface area contributed by atoms with Crippen molar-refractivity contribution in [2.45, 2.75) is 82.5 Å². The van der Waals surface area contributed by atoms with E-state index in [-0.39, 0.29) is 46.8 Å². The number of pyridine rings is 1. The minimum atomic E-state index is -0.577. The summed E-state index contributed by atoms with van der Waals surface area (Å²) in [6, 6.07) is 7.76. The second kappa shape index (κ2) is 9.88. The molecule has 2 aliphatic carbocycles. The molecule has 9 heteroatoms. The number of rotatable bonds is 9. The number of carbonyl (C=O) groups excluding carboxylic acids is 3. The van der Waals surface area contributed by atoms with Gasteiger partial charge in [-0.25, -0.2) is 4.98 Å². The lowest BCUT2D eigenvalue weighted by molar-refractivity contribution is 0.0924. The molecule has 2 saturated heterocycles. The molecule has 200 valence electrons. The van der Waals surface area contributed by atoms with Crippen molar-refractivity contribution in [1.82, 2.24) is 10.3 Å². The van der Waals surface area contributed by atoms with Gasteiger partial charge >= 0.3 is 0 Å². The first kappa shape index (κ1) is 25.2. The summed E-state index contributed by atoms with van der Waals surface area (Å²) in [4.78, 5) is 44.8. The van der Waals surface area contributed by atoms with Crippen molar-refractivity contribution in [2.24, 2.45) is 17.6 Å². The Morgan fingerprint density at radius 2 is 1.68 bits per heavy atom. The predicted molar refractivity (Wildman–Crippen MR) is 147 cm³/mol. The van der Waals surface area contributed by atoms with E-state index >= 15 is 0 Å². The number of primary amides is 1. The molecule has 3 heterocycles. The smallest absolute Gasteiger partial charge is 0.253 e. The largest absolute Gasteiger partial charge is 0.380 e. The molecule has 3 unspecified atom stereocenters. The monoisotopic (exact) mass is 535 g/mol. The van der Waals surface area contributed by atoms with Crippen molar-refractivity contribution in [1.29, 1.82) is 0 Å². The molecule has 8 nitrogen and oxygen atoms in total. The Kier molecular flexibility index (Phi) is 6.54. The van der Waals surface area contributed by atoms with Gasteiger partial charge in [0.1, 0.15) is 5.82 Å². The number of ketones is 1. The average molecular weight is 536 g/mol. The third-order valence-electron chi connectivity index (χ3n) is 8.67. The van der Waals surface area contributed by atoms with Crippen LogP contribution < -0.4 is 21.3 Å². The summed E-state index contributed by atoms with van der Waals surface area (Å²) in [6.45, 7) is 2.06. The molecular weight excluding hydrogens is 502 g/mol. The molecule has 2 aromatic rings. The summed E-state index contributed by atoms with van der Waals surface area (Å²) >= 11 is 6.70. The summed E-state index contributed by atoms with van der Waals surface area (Å²) in [6.07, 6.45) is 9.68. The molecule has 0 radical (unpaired) electrons. The van der Waals surface area contributed by atoms with Crippen LogP contribution in [0.5, 0.6) is 0 Å². The molecule has 4 aliphatic rings. The van der Waals surface area contributed by atoms with Crippen molar-refractivity contribution >= 4 is 40.7 Å². The number of benzene rings is 1. The number of hydrogen-bond donors (Lipinski definition) is 3. The summed E-state index contributed by atoms with van der Waals surface area (Å²) in [5, 5.41) is 6.77. The van der Waals surface area contributed by atoms with Crippen molar-refractivity contribution in [3.63, 3.8) is 0 Å². The lowest BCUT2D eigenvalue weighted by atomic mass is 9.96. The van der Waals surface area contributed by atoms with Crippen LogP contribution in [0.25, 0.3) is 0 Å². The molecule has 1 aromatic heterocycles. The zero-order valence-corrected chi connectivity index (χ0v) is 22.3. The lowest BCUT2D eigenvalue weighted by Gasteiger charge is -2.40. The first-order valence-electron chi connectivity index (χ1n) is 13.8. The molecular formula is C29H34ClN5O3. The third kappa shape index (κ3) is 4.86. The highest BCUT2D eigenvalue weighted by Crippen LogP contribution is 2.40. The second-order valence-electron chi connectivity index (χ2n) is 11.5. The van der Waals surface area contributed by atoms with Crippen LogP contribution in [0.1, 0.15) is 89.4 Å². The van der Waals surface area contributed by atoms with Gasteiger partial charge in [-0.15, -0.1) is 0 Å². The molecule has 3 atom stereocenters. The molecule has 2 amide bonds. The highest BCUT2D eigenvalue weighted by molar-refractivity contribution is 6.37. The third-order valence-corrected chi connectivity index (χ3v) is 9.06. The van der Waals surface area contributed by atoms with E-state index in [0.717, 1.165) is 57.2 Å². The van der Waals surface area contributed by atoms with Crippen LogP contribution in [0.15, 0.2) is 30.5 Å². The number of halogens is 1. The number of hydrogen-bond acceptors (Lipinski definition) is 6. The van der Waals surface area contributed by atoms with E-state index < -0.39 is 5.91 Å². The van der Waals surface area contributed by atoms with Crippen molar-refractivity contribution in [3.8, 4) is 0 Å². The van der Waals surface area contributed by atoms with Crippen molar-refractivity contribution in [3.05, 3.63) is 52.2 Å². The van der Waals surface area contributed by atoms with Gasteiger partial charge in [0.05, 0.1) is 21.8 Å². The Morgan fingerprint density at radius 1 is 1.00 bits per heavy atom. The fraction of sp³-hybridized carbons (Fsp3) is 0.517. The SMILES string of the molecule is CC(Nc1c(C(N)=O)ccc(C(=O)NC2CC3CCC(C2)N3c2ccc(C(=O)C3CC3)cn2)c1Cl)C1CC1. The topological polar surface area (TPSA) is 117 Å². The van der Waals surface area contributed by atoms with E-state index in [4.69, 9.17) is 17.3 Å². The van der Waals surface area contributed by atoms with E-state index in [1.165, 1.54) is 0 Å². The Balaban J connectivity index is 1.14. The van der Waals surface area contributed by atoms with Crippen LogP contribution in [-0.4, -0.2) is 46.7 Å². The van der Waals surface area contributed by atoms with Crippen molar-refractivity contribution in [2.75, 3.05) is 10.2 Å².